The van der Waals surface area contributed by atoms with Crippen molar-refractivity contribution in [2.75, 3.05) is 6.61 Å². The number of amides is 2. The highest BCUT2D eigenvalue weighted by atomic mass is 16.5. The van der Waals surface area contributed by atoms with Gasteiger partial charge in [0.15, 0.2) is 0 Å². The summed E-state index contributed by atoms with van der Waals surface area (Å²) in [7, 11) is 0. The molecule has 2 amide bonds. The van der Waals surface area contributed by atoms with Crippen molar-refractivity contribution in [2.45, 2.75) is 60.1 Å². The summed E-state index contributed by atoms with van der Waals surface area (Å²) in [6.07, 6.45) is 0.579. The minimum Gasteiger partial charge on any atom is -0.493 e. The summed E-state index contributed by atoms with van der Waals surface area (Å²) >= 11 is 0. The van der Waals surface area contributed by atoms with Gasteiger partial charge in [0, 0.05) is 11.3 Å². The number of hydrogen-bond donors (Lipinski definition) is 2. The maximum absolute atomic E-state index is 13.0. The molecule has 6 heteroatoms. The Hall–Kier alpha value is -2.50. The van der Waals surface area contributed by atoms with E-state index in [0.717, 1.165) is 12.0 Å². The zero-order valence-corrected chi connectivity index (χ0v) is 17.0. The number of allylic oxidation sites excluding steroid dienone is 1. The smallest absolute Gasteiger partial charge is 0.338 e. The van der Waals surface area contributed by atoms with E-state index in [2.05, 4.69) is 10.6 Å². The third kappa shape index (κ3) is 5.02. The molecule has 0 aliphatic carbocycles. The van der Waals surface area contributed by atoms with Crippen LogP contribution in [0.2, 0.25) is 0 Å². The van der Waals surface area contributed by atoms with Gasteiger partial charge in [-0.3, -0.25) is 0 Å². The molecule has 1 heterocycles. The van der Waals surface area contributed by atoms with Crippen LogP contribution in [0.4, 0.5) is 4.79 Å². The number of benzene rings is 1. The Bertz CT molecular complexity index is 734. The number of hydrogen-bond acceptors (Lipinski definition) is 4. The zero-order chi connectivity index (χ0) is 20.2. The van der Waals surface area contributed by atoms with Crippen LogP contribution in [-0.4, -0.2) is 24.7 Å². The molecule has 2 N–H and O–H groups in total. The molecule has 0 saturated heterocycles. The number of nitrogens with one attached hydrogen (secondary N) is 2. The second kappa shape index (κ2) is 8.46. The molecule has 148 valence electrons. The van der Waals surface area contributed by atoms with E-state index in [1.54, 1.807) is 6.92 Å². The van der Waals surface area contributed by atoms with E-state index in [1.807, 2.05) is 58.9 Å². The predicted molar refractivity (Wildman–Crippen MR) is 104 cm³/mol. The Balaban J connectivity index is 2.41. The monoisotopic (exact) mass is 374 g/mol. The molecule has 1 aromatic rings. The van der Waals surface area contributed by atoms with E-state index < -0.39 is 12.0 Å². The van der Waals surface area contributed by atoms with E-state index in [1.165, 1.54) is 0 Å². The van der Waals surface area contributed by atoms with Crippen LogP contribution in [0.3, 0.4) is 0 Å². The summed E-state index contributed by atoms with van der Waals surface area (Å²) in [4.78, 5) is 25.1. The molecule has 0 spiro atoms. The first kappa shape index (κ1) is 20.8. The van der Waals surface area contributed by atoms with Gasteiger partial charge in [-0.2, -0.15) is 0 Å². The minimum atomic E-state index is -0.633. The van der Waals surface area contributed by atoms with Crippen molar-refractivity contribution in [1.82, 2.24) is 10.6 Å². The Labute approximate surface area is 161 Å². The topological polar surface area (TPSA) is 76.7 Å². The predicted octanol–water partition coefficient (Wildman–Crippen LogP) is 4.08. The number of rotatable bonds is 6. The van der Waals surface area contributed by atoms with Crippen LogP contribution in [0.5, 0.6) is 5.75 Å². The molecular formula is C21H30N2O4. The first-order valence-electron chi connectivity index (χ1n) is 9.36. The Morgan fingerprint density at radius 1 is 1.26 bits per heavy atom. The molecule has 0 unspecified atom stereocenters. The van der Waals surface area contributed by atoms with Crippen LogP contribution in [0.25, 0.3) is 0 Å². The van der Waals surface area contributed by atoms with Crippen molar-refractivity contribution < 1.29 is 19.1 Å². The van der Waals surface area contributed by atoms with E-state index in [-0.39, 0.29) is 17.6 Å². The molecule has 0 radical (unpaired) electrons. The average molecular weight is 374 g/mol. The molecule has 0 aromatic heterocycles. The lowest BCUT2D eigenvalue weighted by molar-refractivity contribution is -0.149. The van der Waals surface area contributed by atoms with Crippen LogP contribution in [0.1, 0.15) is 59.6 Å². The van der Waals surface area contributed by atoms with Crippen LogP contribution in [0, 0.1) is 5.41 Å². The number of esters is 1. The van der Waals surface area contributed by atoms with Crippen LogP contribution < -0.4 is 15.4 Å². The first-order chi connectivity index (χ1) is 12.6. The van der Waals surface area contributed by atoms with Crippen LogP contribution >= 0.6 is 0 Å². The fourth-order valence-electron chi connectivity index (χ4n) is 2.66. The summed E-state index contributed by atoms with van der Waals surface area (Å²) in [5.74, 6) is 0.200. The van der Waals surface area contributed by atoms with Crippen molar-refractivity contribution in [3.05, 3.63) is 41.1 Å². The molecule has 2 atom stereocenters. The third-order valence-electron chi connectivity index (χ3n) is 4.68. The quantitative estimate of drug-likeness (QED) is 0.736. The molecule has 1 aliphatic heterocycles. The van der Waals surface area contributed by atoms with Gasteiger partial charge in [-0.1, -0.05) is 45.9 Å². The van der Waals surface area contributed by atoms with Gasteiger partial charge in [-0.25, -0.2) is 9.59 Å². The SMILES string of the molecule is CCCOc1ccccc1[C@@H]1NC(=O)NC(C)=C1C(=O)O[C@@H](C)C(C)(C)C. The number of urea groups is 1. The fourth-order valence-corrected chi connectivity index (χ4v) is 2.66. The number of carbonyl (C=O) groups is 2. The van der Waals surface area contributed by atoms with Crippen molar-refractivity contribution in [3.8, 4) is 5.75 Å². The highest BCUT2D eigenvalue weighted by molar-refractivity contribution is 5.95. The van der Waals surface area contributed by atoms with E-state index in [9.17, 15) is 9.59 Å². The molecule has 1 aliphatic rings. The van der Waals surface area contributed by atoms with Gasteiger partial charge in [0.05, 0.1) is 18.2 Å². The molecule has 2 rings (SSSR count). The molecule has 0 saturated carbocycles. The van der Waals surface area contributed by atoms with Gasteiger partial charge in [0.1, 0.15) is 11.9 Å². The summed E-state index contributed by atoms with van der Waals surface area (Å²) in [6.45, 7) is 12.2. The largest absolute Gasteiger partial charge is 0.493 e. The van der Waals surface area contributed by atoms with Gasteiger partial charge >= 0.3 is 12.0 Å². The maximum Gasteiger partial charge on any atom is 0.338 e. The number of carbonyl (C=O) groups excluding carboxylic acids is 2. The lowest BCUT2D eigenvalue weighted by Gasteiger charge is -2.32. The normalized spacial score (nSPS) is 18.4. The van der Waals surface area contributed by atoms with E-state index in [4.69, 9.17) is 9.47 Å². The number of ether oxygens (including phenoxy) is 2. The molecule has 0 fully saturated rings. The average Bonchev–Trinajstić information content (AvgIpc) is 2.58. The van der Waals surface area contributed by atoms with Crippen molar-refractivity contribution >= 4 is 12.0 Å². The van der Waals surface area contributed by atoms with Crippen LogP contribution in [0.15, 0.2) is 35.5 Å². The summed E-state index contributed by atoms with van der Waals surface area (Å²) < 4.78 is 11.5. The Kier molecular flexibility index (Phi) is 6.52. The Morgan fingerprint density at radius 3 is 2.56 bits per heavy atom. The third-order valence-corrected chi connectivity index (χ3v) is 4.68. The standard InChI is InChI=1S/C21H30N2O4/c1-7-12-26-16-11-9-8-10-15(16)18-17(13(2)22-20(25)23-18)19(24)27-14(3)21(4,5)6/h8-11,14,18H,7,12H2,1-6H3,(H2,22,23,25)/t14-,18-/m0/s1. The highest BCUT2D eigenvalue weighted by Crippen LogP contribution is 2.34. The fraction of sp³-hybridized carbons (Fsp3) is 0.524. The number of para-hydroxylation sites is 1. The first-order valence-corrected chi connectivity index (χ1v) is 9.36. The molecular weight excluding hydrogens is 344 g/mol. The molecule has 0 bridgehead atoms. The molecule has 6 nitrogen and oxygen atoms in total. The van der Waals surface area contributed by atoms with Gasteiger partial charge in [0.25, 0.3) is 0 Å². The lowest BCUT2D eigenvalue weighted by atomic mass is 9.90. The van der Waals surface area contributed by atoms with Gasteiger partial charge in [-0.05, 0) is 31.7 Å². The maximum atomic E-state index is 13.0. The minimum absolute atomic E-state index is 0.187. The zero-order valence-electron chi connectivity index (χ0n) is 17.0. The van der Waals surface area contributed by atoms with Crippen molar-refractivity contribution in [3.63, 3.8) is 0 Å². The van der Waals surface area contributed by atoms with E-state index in [0.29, 0.717) is 23.6 Å². The second-order valence-electron chi connectivity index (χ2n) is 7.87. The highest BCUT2D eigenvalue weighted by Gasteiger charge is 2.35. The van der Waals surface area contributed by atoms with Gasteiger partial charge < -0.3 is 20.1 Å². The lowest BCUT2D eigenvalue weighted by Crippen LogP contribution is -2.46. The van der Waals surface area contributed by atoms with Gasteiger partial charge in [0.2, 0.25) is 0 Å². The molecule has 1 aromatic carbocycles. The summed E-state index contributed by atoms with van der Waals surface area (Å²) in [5, 5.41) is 5.51. The van der Waals surface area contributed by atoms with Gasteiger partial charge in [-0.15, -0.1) is 0 Å². The summed E-state index contributed by atoms with van der Waals surface area (Å²) in [6, 6.07) is 6.44. The van der Waals surface area contributed by atoms with Crippen LogP contribution in [-0.2, 0) is 9.53 Å². The van der Waals surface area contributed by atoms with E-state index >= 15 is 0 Å². The molecule has 27 heavy (non-hydrogen) atoms. The summed E-state index contributed by atoms with van der Waals surface area (Å²) in [5.41, 5.74) is 1.42. The second-order valence-corrected chi connectivity index (χ2v) is 7.87. The van der Waals surface area contributed by atoms with Crippen molar-refractivity contribution in [2.24, 2.45) is 5.41 Å². The van der Waals surface area contributed by atoms with Crippen molar-refractivity contribution in [1.29, 1.82) is 0 Å². The Morgan fingerprint density at radius 2 is 1.93 bits per heavy atom.